The first kappa shape index (κ1) is 15.5. The molecule has 108 valence electrons. The van der Waals surface area contributed by atoms with Crippen molar-refractivity contribution in [2.45, 2.75) is 13.3 Å². The molecule has 2 amide bonds. The number of rotatable bonds is 5. The van der Waals surface area contributed by atoms with E-state index >= 15 is 0 Å². The van der Waals surface area contributed by atoms with Gasteiger partial charge in [-0.1, -0.05) is 18.2 Å². The second-order valence-corrected chi connectivity index (χ2v) is 3.90. The van der Waals surface area contributed by atoms with Gasteiger partial charge in [-0.15, -0.1) is 0 Å². The molecule has 0 radical (unpaired) electrons. The monoisotopic (exact) mass is 280 g/mol. The zero-order chi connectivity index (χ0) is 15.0. The molecule has 0 unspecified atom stereocenters. The minimum absolute atomic E-state index is 0.247. The van der Waals surface area contributed by atoms with Crippen molar-refractivity contribution >= 4 is 17.8 Å². The van der Waals surface area contributed by atoms with Crippen LogP contribution in [-0.4, -0.2) is 31.5 Å². The highest BCUT2D eigenvalue weighted by Gasteiger charge is 2.10. The smallest absolute Gasteiger partial charge is 0.315 e. The fourth-order valence-electron chi connectivity index (χ4n) is 1.28. The quantitative estimate of drug-likeness (QED) is 0.453. The summed E-state index contributed by atoms with van der Waals surface area (Å²) in [6.07, 6.45) is -0.463. The van der Waals surface area contributed by atoms with Gasteiger partial charge in [0, 0.05) is 0 Å². The molecule has 0 aliphatic heterocycles. The third-order valence-electron chi connectivity index (χ3n) is 2.33. The minimum Gasteiger partial charge on any atom is -0.483 e. The van der Waals surface area contributed by atoms with Gasteiger partial charge < -0.3 is 9.47 Å². The number of nitrogens with one attached hydrogen (secondary N) is 2. The number of benzene rings is 1. The molecule has 0 aliphatic carbocycles. The van der Waals surface area contributed by atoms with Crippen LogP contribution in [0.15, 0.2) is 24.3 Å². The van der Waals surface area contributed by atoms with Crippen LogP contribution >= 0.6 is 0 Å². The predicted octanol–water partition coefficient (Wildman–Crippen LogP) is 0.0843. The molecule has 0 saturated heterocycles. The highest BCUT2D eigenvalue weighted by atomic mass is 16.5. The van der Waals surface area contributed by atoms with Crippen LogP contribution in [0.25, 0.3) is 0 Å². The number of carbonyl (C=O) groups excluding carboxylic acids is 3. The molecule has 0 heterocycles. The number of hydrogen-bond donors (Lipinski definition) is 2. The van der Waals surface area contributed by atoms with Crippen molar-refractivity contribution in [3.63, 3.8) is 0 Å². The van der Waals surface area contributed by atoms with E-state index < -0.39 is 24.2 Å². The third-order valence-corrected chi connectivity index (χ3v) is 2.33. The maximum absolute atomic E-state index is 11.4. The number of ether oxygens (including phenoxy) is 2. The molecule has 0 atom stereocenters. The molecule has 0 aliphatic rings. The van der Waals surface area contributed by atoms with E-state index in [1.54, 1.807) is 12.1 Å². The Hall–Kier alpha value is -2.57. The summed E-state index contributed by atoms with van der Waals surface area (Å²) in [5, 5.41) is 0. The van der Waals surface area contributed by atoms with Gasteiger partial charge in [-0.2, -0.15) is 0 Å². The second-order valence-electron chi connectivity index (χ2n) is 3.90. The number of methoxy groups -OCH3 is 1. The maximum atomic E-state index is 11.4. The molecule has 0 fully saturated rings. The Morgan fingerprint density at radius 3 is 2.40 bits per heavy atom. The van der Waals surface area contributed by atoms with Gasteiger partial charge in [0.15, 0.2) is 6.61 Å². The van der Waals surface area contributed by atoms with Crippen LogP contribution in [-0.2, 0) is 19.1 Å². The van der Waals surface area contributed by atoms with E-state index in [1.807, 2.05) is 19.1 Å². The van der Waals surface area contributed by atoms with Gasteiger partial charge in [0.1, 0.15) is 12.2 Å². The van der Waals surface area contributed by atoms with Gasteiger partial charge in [0.05, 0.1) is 7.11 Å². The van der Waals surface area contributed by atoms with Crippen LogP contribution in [0, 0.1) is 6.92 Å². The van der Waals surface area contributed by atoms with Crippen LogP contribution in [0.2, 0.25) is 0 Å². The van der Waals surface area contributed by atoms with Gasteiger partial charge in [-0.3, -0.25) is 25.2 Å². The summed E-state index contributed by atoms with van der Waals surface area (Å²) in [5.41, 5.74) is 5.11. The predicted molar refractivity (Wildman–Crippen MR) is 69.6 cm³/mol. The first-order valence-corrected chi connectivity index (χ1v) is 5.86. The average Bonchev–Trinajstić information content (AvgIpc) is 2.44. The molecular formula is C13H16N2O5. The SMILES string of the molecule is COC(=O)CC(=O)NNC(=O)COc1ccccc1C. The molecule has 7 nitrogen and oxygen atoms in total. The van der Waals surface area contributed by atoms with Gasteiger partial charge in [-0.05, 0) is 18.6 Å². The largest absolute Gasteiger partial charge is 0.483 e. The molecule has 2 N–H and O–H groups in total. The topological polar surface area (TPSA) is 93.7 Å². The van der Waals surface area contributed by atoms with Crippen molar-refractivity contribution < 1.29 is 23.9 Å². The lowest BCUT2D eigenvalue weighted by Crippen LogP contribution is -2.44. The van der Waals surface area contributed by atoms with Crippen molar-refractivity contribution in [3.05, 3.63) is 29.8 Å². The molecule has 0 aromatic heterocycles. The first-order valence-electron chi connectivity index (χ1n) is 5.86. The fourth-order valence-corrected chi connectivity index (χ4v) is 1.28. The highest BCUT2D eigenvalue weighted by molar-refractivity contribution is 5.95. The molecule has 1 aromatic rings. The van der Waals surface area contributed by atoms with E-state index in [0.29, 0.717) is 5.75 Å². The second kappa shape index (κ2) is 7.78. The van der Waals surface area contributed by atoms with Gasteiger partial charge in [-0.25, -0.2) is 0 Å². The van der Waals surface area contributed by atoms with Crippen LogP contribution < -0.4 is 15.6 Å². The summed E-state index contributed by atoms with van der Waals surface area (Å²) < 4.78 is 9.59. The van der Waals surface area contributed by atoms with E-state index in [9.17, 15) is 14.4 Å². The number of aryl methyl sites for hydroxylation is 1. The lowest BCUT2D eigenvalue weighted by Gasteiger charge is -2.09. The van der Waals surface area contributed by atoms with Crippen molar-refractivity contribution in [2.75, 3.05) is 13.7 Å². The number of hydrogen-bond acceptors (Lipinski definition) is 5. The van der Waals surface area contributed by atoms with Gasteiger partial charge >= 0.3 is 5.97 Å². The summed E-state index contributed by atoms with van der Waals surface area (Å²) in [4.78, 5) is 33.4. The maximum Gasteiger partial charge on any atom is 0.315 e. The molecule has 1 aromatic carbocycles. The third kappa shape index (κ3) is 5.38. The average molecular weight is 280 g/mol. The number of hydrazine groups is 1. The van der Waals surface area contributed by atoms with Crippen LogP contribution in [0.5, 0.6) is 5.75 Å². The number of esters is 1. The Morgan fingerprint density at radius 1 is 1.10 bits per heavy atom. The molecule has 0 spiro atoms. The number of amides is 2. The Kier molecular flexibility index (Phi) is 6.02. The van der Waals surface area contributed by atoms with Crippen molar-refractivity contribution in [1.29, 1.82) is 0 Å². The molecule has 1 rings (SSSR count). The molecule has 0 bridgehead atoms. The molecule has 7 heteroatoms. The van der Waals surface area contributed by atoms with E-state index in [-0.39, 0.29) is 6.61 Å². The van der Waals surface area contributed by atoms with E-state index in [4.69, 9.17) is 4.74 Å². The van der Waals surface area contributed by atoms with Crippen molar-refractivity contribution in [1.82, 2.24) is 10.9 Å². The minimum atomic E-state index is -0.687. The molecule has 0 saturated carbocycles. The summed E-state index contributed by atoms with van der Waals surface area (Å²) >= 11 is 0. The van der Waals surface area contributed by atoms with Crippen LogP contribution in [0.3, 0.4) is 0 Å². The lowest BCUT2D eigenvalue weighted by molar-refractivity contribution is -0.144. The standard InChI is InChI=1S/C13H16N2O5/c1-9-5-3-4-6-10(9)20-8-12(17)15-14-11(16)7-13(18)19-2/h3-6H,7-8H2,1-2H3,(H,14,16)(H,15,17). The van der Waals surface area contributed by atoms with Crippen molar-refractivity contribution in [3.8, 4) is 5.75 Å². The lowest BCUT2D eigenvalue weighted by atomic mass is 10.2. The summed E-state index contributed by atoms with van der Waals surface area (Å²) in [6, 6.07) is 7.23. The zero-order valence-electron chi connectivity index (χ0n) is 11.3. The Bertz CT molecular complexity index is 501. The summed E-state index contributed by atoms with van der Waals surface area (Å²) in [7, 11) is 1.17. The van der Waals surface area contributed by atoms with E-state index in [2.05, 4.69) is 15.6 Å². The zero-order valence-corrected chi connectivity index (χ0v) is 11.3. The van der Waals surface area contributed by atoms with Crippen LogP contribution in [0.1, 0.15) is 12.0 Å². The van der Waals surface area contributed by atoms with Gasteiger partial charge in [0.2, 0.25) is 5.91 Å². The van der Waals surface area contributed by atoms with E-state index in [1.165, 1.54) is 7.11 Å². The van der Waals surface area contributed by atoms with Crippen molar-refractivity contribution in [2.24, 2.45) is 0 Å². The van der Waals surface area contributed by atoms with Crippen LogP contribution in [0.4, 0.5) is 0 Å². The Balaban J connectivity index is 2.29. The Morgan fingerprint density at radius 2 is 1.75 bits per heavy atom. The fraction of sp³-hybridized carbons (Fsp3) is 0.308. The molecular weight excluding hydrogens is 264 g/mol. The number of carbonyl (C=O) groups is 3. The highest BCUT2D eigenvalue weighted by Crippen LogP contribution is 2.15. The number of para-hydroxylation sites is 1. The van der Waals surface area contributed by atoms with Gasteiger partial charge in [0.25, 0.3) is 5.91 Å². The normalized spacial score (nSPS) is 9.50. The van der Waals surface area contributed by atoms with E-state index in [0.717, 1.165) is 5.56 Å². The molecule has 20 heavy (non-hydrogen) atoms. The first-order chi connectivity index (χ1) is 9.52. The summed E-state index contributed by atoms with van der Waals surface area (Å²) in [5.74, 6) is -1.30. The Labute approximate surface area is 116 Å². The summed E-state index contributed by atoms with van der Waals surface area (Å²) in [6.45, 7) is 1.61.